The van der Waals surface area contributed by atoms with Crippen LogP contribution in [0.5, 0.6) is 0 Å². The van der Waals surface area contributed by atoms with E-state index in [-0.39, 0.29) is 5.54 Å². The first kappa shape index (κ1) is 17.3. The molecule has 124 valence electrons. The minimum Gasteiger partial charge on any atom is -0.329 e. The minimum absolute atomic E-state index is 0.229. The van der Waals surface area contributed by atoms with Gasteiger partial charge in [0.25, 0.3) is 0 Å². The van der Waals surface area contributed by atoms with Gasteiger partial charge in [-0.2, -0.15) is 0 Å². The molecular weight excluding hydrogens is 256 g/mol. The Bertz CT molecular complexity index is 351. The van der Waals surface area contributed by atoms with Gasteiger partial charge in [0.05, 0.1) is 0 Å². The van der Waals surface area contributed by atoms with Crippen LogP contribution in [-0.4, -0.2) is 30.1 Å². The van der Waals surface area contributed by atoms with Crippen LogP contribution < -0.4 is 5.73 Å². The largest absolute Gasteiger partial charge is 0.329 e. The SMILES string of the molecule is CC1CC(C)(C)CC(CN)(N(C)C2CCC(C)(C)CC2)C1. The van der Waals surface area contributed by atoms with Crippen LogP contribution in [0, 0.1) is 16.7 Å². The Labute approximate surface area is 132 Å². The van der Waals surface area contributed by atoms with Gasteiger partial charge in [0, 0.05) is 18.1 Å². The van der Waals surface area contributed by atoms with Crippen LogP contribution in [0.4, 0.5) is 0 Å². The van der Waals surface area contributed by atoms with Crippen molar-refractivity contribution in [2.75, 3.05) is 13.6 Å². The maximum Gasteiger partial charge on any atom is 0.0339 e. The highest BCUT2D eigenvalue weighted by molar-refractivity contribution is 5.02. The minimum atomic E-state index is 0.229. The summed E-state index contributed by atoms with van der Waals surface area (Å²) in [5, 5.41) is 0. The molecule has 0 heterocycles. The molecule has 2 aliphatic carbocycles. The lowest BCUT2D eigenvalue weighted by Gasteiger charge is -2.55. The summed E-state index contributed by atoms with van der Waals surface area (Å²) in [5.74, 6) is 0.791. The van der Waals surface area contributed by atoms with Crippen molar-refractivity contribution in [2.24, 2.45) is 22.5 Å². The third kappa shape index (κ3) is 3.82. The number of hydrogen-bond acceptors (Lipinski definition) is 2. The fourth-order valence-electron chi connectivity index (χ4n) is 5.43. The summed E-state index contributed by atoms with van der Waals surface area (Å²) in [6, 6.07) is 0.739. The molecule has 2 aliphatic rings. The van der Waals surface area contributed by atoms with E-state index in [9.17, 15) is 0 Å². The zero-order valence-corrected chi connectivity index (χ0v) is 15.3. The number of nitrogens with zero attached hydrogens (tertiary/aromatic N) is 1. The average Bonchev–Trinajstić information content (AvgIpc) is 2.35. The van der Waals surface area contributed by atoms with Crippen molar-refractivity contribution < 1.29 is 0 Å². The molecule has 2 heteroatoms. The van der Waals surface area contributed by atoms with Crippen molar-refractivity contribution in [1.29, 1.82) is 0 Å². The van der Waals surface area contributed by atoms with Crippen LogP contribution >= 0.6 is 0 Å². The van der Waals surface area contributed by atoms with Gasteiger partial charge in [-0.25, -0.2) is 0 Å². The van der Waals surface area contributed by atoms with Gasteiger partial charge in [-0.15, -0.1) is 0 Å². The molecule has 0 amide bonds. The Morgan fingerprint density at radius 1 is 1.00 bits per heavy atom. The lowest BCUT2D eigenvalue weighted by molar-refractivity contribution is -0.0353. The monoisotopic (exact) mass is 294 g/mol. The Morgan fingerprint density at radius 2 is 1.57 bits per heavy atom. The van der Waals surface area contributed by atoms with Gasteiger partial charge < -0.3 is 5.73 Å². The van der Waals surface area contributed by atoms with E-state index in [1.807, 2.05) is 0 Å². The molecule has 0 aromatic rings. The maximum absolute atomic E-state index is 6.34. The lowest BCUT2D eigenvalue weighted by atomic mass is 9.63. The molecule has 2 atom stereocenters. The van der Waals surface area contributed by atoms with E-state index < -0.39 is 0 Å². The van der Waals surface area contributed by atoms with E-state index in [4.69, 9.17) is 5.73 Å². The van der Waals surface area contributed by atoms with Crippen molar-refractivity contribution in [3.05, 3.63) is 0 Å². The van der Waals surface area contributed by atoms with Crippen LogP contribution in [0.25, 0.3) is 0 Å². The smallest absolute Gasteiger partial charge is 0.0339 e. The lowest BCUT2D eigenvalue weighted by Crippen LogP contribution is -2.61. The first-order chi connectivity index (χ1) is 9.59. The Hall–Kier alpha value is -0.0800. The van der Waals surface area contributed by atoms with Crippen molar-refractivity contribution >= 4 is 0 Å². The molecule has 0 bridgehead atoms. The summed E-state index contributed by atoms with van der Waals surface area (Å²) in [4.78, 5) is 2.71. The molecule has 0 aromatic carbocycles. The normalized spacial score (nSPS) is 36.9. The van der Waals surface area contributed by atoms with E-state index in [1.165, 1.54) is 44.9 Å². The van der Waals surface area contributed by atoms with Gasteiger partial charge in [0.2, 0.25) is 0 Å². The molecule has 0 aromatic heterocycles. The Kier molecular flexibility index (Phi) is 4.81. The van der Waals surface area contributed by atoms with Gasteiger partial charge >= 0.3 is 0 Å². The first-order valence-corrected chi connectivity index (χ1v) is 9.02. The van der Waals surface area contributed by atoms with Gasteiger partial charge in [-0.3, -0.25) is 4.90 Å². The highest BCUT2D eigenvalue weighted by atomic mass is 15.2. The Morgan fingerprint density at radius 3 is 2.05 bits per heavy atom. The van der Waals surface area contributed by atoms with Crippen LogP contribution in [0.2, 0.25) is 0 Å². The summed E-state index contributed by atoms with van der Waals surface area (Å²) in [6.07, 6.45) is 9.31. The molecular formula is C19H38N2. The van der Waals surface area contributed by atoms with Gasteiger partial charge in [-0.1, -0.05) is 34.6 Å². The first-order valence-electron chi connectivity index (χ1n) is 9.02. The van der Waals surface area contributed by atoms with Crippen LogP contribution in [0.3, 0.4) is 0 Å². The van der Waals surface area contributed by atoms with Crippen LogP contribution in [0.1, 0.15) is 79.6 Å². The highest BCUT2D eigenvalue weighted by Crippen LogP contribution is 2.48. The molecule has 2 N–H and O–H groups in total. The van der Waals surface area contributed by atoms with Crippen LogP contribution in [-0.2, 0) is 0 Å². The predicted octanol–water partition coefficient (Wildman–Crippen LogP) is 4.43. The second-order valence-corrected chi connectivity index (χ2v) is 9.79. The molecule has 2 nitrogen and oxygen atoms in total. The summed E-state index contributed by atoms with van der Waals surface area (Å²) < 4.78 is 0. The fraction of sp³-hybridized carbons (Fsp3) is 1.00. The number of likely N-dealkylation sites (N-methyl/N-ethyl adjacent to an activating group) is 1. The topological polar surface area (TPSA) is 29.3 Å². The summed E-state index contributed by atoms with van der Waals surface area (Å²) in [7, 11) is 2.37. The number of nitrogens with two attached hydrogens (primary N) is 1. The quantitative estimate of drug-likeness (QED) is 0.834. The predicted molar refractivity (Wildman–Crippen MR) is 92.4 cm³/mol. The van der Waals surface area contributed by atoms with Gasteiger partial charge in [0.1, 0.15) is 0 Å². The van der Waals surface area contributed by atoms with E-state index in [0.717, 1.165) is 18.5 Å². The van der Waals surface area contributed by atoms with E-state index >= 15 is 0 Å². The third-order valence-electron chi connectivity index (χ3n) is 6.42. The molecule has 0 radical (unpaired) electrons. The van der Waals surface area contributed by atoms with Gasteiger partial charge in [-0.05, 0) is 68.7 Å². The molecule has 0 saturated heterocycles. The molecule has 2 saturated carbocycles. The third-order valence-corrected chi connectivity index (χ3v) is 6.42. The summed E-state index contributed by atoms with van der Waals surface area (Å²) in [5.41, 5.74) is 7.55. The zero-order chi connectivity index (χ0) is 15.9. The van der Waals surface area contributed by atoms with Crippen molar-refractivity contribution in [3.8, 4) is 0 Å². The Balaban J connectivity index is 2.12. The van der Waals surface area contributed by atoms with Gasteiger partial charge in [0.15, 0.2) is 0 Å². The molecule has 21 heavy (non-hydrogen) atoms. The van der Waals surface area contributed by atoms with E-state index in [1.54, 1.807) is 0 Å². The van der Waals surface area contributed by atoms with E-state index in [2.05, 4.69) is 46.6 Å². The molecule has 2 fully saturated rings. The van der Waals surface area contributed by atoms with Crippen LogP contribution in [0.15, 0.2) is 0 Å². The molecule has 0 aliphatic heterocycles. The summed E-state index contributed by atoms with van der Waals surface area (Å²) >= 11 is 0. The highest BCUT2D eigenvalue weighted by Gasteiger charge is 2.46. The average molecular weight is 295 g/mol. The van der Waals surface area contributed by atoms with Crippen molar-refractivity contribution in [1.82, 2.24) is 4.90 Å². The van der Waals surface area contributed by atoms with Crippen molar-refractivity contribution in [3.63, 3.8) is 0 Å². The van der Waals surface area contributed by atoms with Crippen molar-refractivity contribution in [2.45, 2.75) is 91.1 Å². The second kappa shape index (κ2) is 5.85. The molecule has 2 rings (SSSR count). The summed E-state index contributed by atoms with van der Waals surface area (Å²) in [6.45, 7) is 13.0. The number of hydrogen-bond donors (Lipinski definition) is 1. The second-order valence-electron chi connectivity index (χ2n) is 9.79. The molecule has 2 unspecified atom stereocenters. The zero-order valence-electron chi connectivity index (χ0n) is 15.3. The standard InChI is InChI=1S/C19H38N2/c1-15-11-18(4,5)13-19(12-15,14-20)21(6)16-7-9-17(2,3)10-8-16/h15-16H,7-14,20H2,1-6H3. The van der Waals surface area contributed by atoms with E-state index in [0.29, 0.717) is 10.8 Å². The maximum atomic E-state index is 6.34. The number of rotatable bonds is 3. The molecule has 0 spiro atoms. The fourth-order valence-corrected chi connectivity index (χ4v) is 5.43.